The summed E-state index contributed by atoms with van der Waals surface area (Å²) in [4.78, 5) is 2.47. The van der Waals surface area contributed by atoms with Crippen molar-refractivity contribution in [3.8, 4) is 0 Å². The molecule has 84 valence electrons. The molecule has 0 saturated heterocycles. The highest BCUT2D eigenvalue weighted by molar-refractivity contribution is 4.84. The molecule has 0 aromatic carbocycles. The third-order valence-electron chi connectivity index (χ3n) is 2.28. The third kappa shape index (κ3) is 8.15. The van der Waals surface area contributed by atoms with E-state index >= 15 is 0 Å². The quantitative estimate of drug-likeness (QED) is 0.567. The first-order valence-electron chi connectivity index (χ1n) is 6.13. The summed E-state index contributed by atoms with van der Waals surface area (Å²) in [7, 11) is 0. The summed E-state index contributed by atoms with van der Waals surface area (Å²) in [6.45, 7) is 11.4. The number of hydrogen-bond donors (Lipinski definition) is 0. The number of hydrogen-bond acceptors (Lipinski definition) is 1. The van der Waals surface area contributed by atoms with Crippen molar-refractivity contribution in [1.82, 2.24) is 4.90 Å². The van der Waals surface area contributed by atoms with Crippen molar-refractivity contribution in [3.63, 3.8) is 0 Å². The zero-order valence-corrected chi connectivity index (χ0v) is 10.4. The maximum atomic E-state index is 2.47. The van der Waals surface area contributed by atoms with E-state index in [1.807, 2.05) is 0 Å². The Morgan fingerprint density at radius 1 is 1.00 bits per heavy atom. The lowest BCUT2D eigenvalue weighted by atomic mass is 10.2. The lowest BCUT2D eigenvalue weighted by Gasteiger charge is -2.20. The van der Waals surface area contributed by atoms with Crippen molar-refractivity contribution < 1.29 is 0 Å². The van der Waals surface area contributed by atoms with Crippen molar-refractivity contribution >= 4 is 0 Å². The average Bonchev–Trinajstić information content (AvgIpc) is 2.16. The van der Waals surface area contributed by atoms with Crippen LogP contribution in [0.5, 0.6) is 0 Å². The predicted octanol–water partition coefficient (Wildman–Crippen LogP) is 4.06. The summed E-state index contributed by atoms with van der Waals surface area (Å²) in [6, 6.07) is 0. The van der Waals surface area contributed by atoms with Gasteiger partial charge < -0.3 is 4.90 Å². The van der Waals surface area contributed by atoms with Crippen LogP contribution in [0.4, 0.5) is 0 Å². The maximum Gasteiger partial charge on any atom is 0.0172 e. The van der Waals surface area contributed by atoms with Gasteiger partial charge in [0.25, 0.3) is 0 Å². The largest absolute Gasteiger partial charge is 0.378 e. The second-order valence-electron chi connectivity index (χ2n) is 4.33. The highest BCUT2D eigenvalue weighted by Gasteiger charge is 1.97. The van der Waals surface area contributed by atoms with E-state index in [1.165, 1.54) is 38.8 Å². The molecular formula is C13H27N. The fraction of sp³-hybridized carbons (Fsp3) is 0.846. The van der Waals surface area contributed by atoms with Gasteiger partial charge >= 0.3 is 0 Å². The lowest BCUT2D eigenvalue weighted by Crippen LogP contribution is -2.19. The van der Waals surface area contributed by atoms with E-state index < -0.39 is 0 Å². The van der Waals surface area contributed by atoms with Gasteiger partial charge in [0.2, 0.25) is 0 Å². The van der Waals surface area contributed by atoms with E-state index in [4.69, 9.17) is 0 Å². The zero-order valence-electron chi connectivity index (χ0n) is 10.4. The molecule has 0 spiro atoms. The molecule has 14 heavy (non-hydrogen) atoms. The molecule has 0 saturated carbocycles. The minimum Gasteiger partial charge on any atom is -0.378 e. The van der Waals surface area contributed by atoms with Crippen LogP contribution in [0.2, 0.25) is 0 Å². The van der Waals surface area contributed by atoms with E-state index in [2.05, 4.69) is 44.9 Å². The molecule has 0 fully saturated rings. The van der Waals surface area contributed by atoms with Gasteiger partial charge in [-0.2, -0.15) is 0 Å². The molecule has 0 aliphatic heterocycles. The van der Waals surface area contributed by atoms with Gasteiger partial charge in [-0.1, -0.05) is 46.6 Å². The van der Waals surface area contributed by atoms with Gasteiger partial charge in [-0.3, -0.25) is 0 Å². The van der Waals surface area contributed by atoms with Gasteiger partial charge in [-0.25, -0.2) is 0 Å². The van der Waals surface area contributed by atoms with Gasteiger partial charge in [0.05, 0.1) is 0 Å². The Bertz CT molecular complexity index is 130. The van der Waals surface area contributed by atoms with Gasteiger partial charge in [0.1, 0.15) is 0 Å². The number of unbranched alkanes of at least 4 members (excludes halogenated alkanes) is 2. The summed E-state index contributed by atoms with van der Waals surface area (Å²) in [5.74, 6) is 0.667. The second kappa shape index (κ2) is 9.11. The molecule has 0 aromatic rings. The fourth-order valence-electron chi connectivity index (χ4n) is 1.28. The average molecular weight is 197 g/mol. The van der Waals surface area contributed by atoms with E-state index in [0.717, 1.165) is 0 Å². The lowest BCUT2D eigenvalue weighted by molar-refractivity contribution is 0.358. The van der Waals surface area contributed by atoms with Crippen LogP contribution in [0.25, 0.3) is 0 Å². The topological polar surface area (TPSA) is 3.24 Å². The van der Waals surface area contributed by atoms with Crippen molar-refractivity contribution in [3.05, 3.63) is 12.3 Å². The Hall–Kier alpha value is -0.460. The first-order valence-corrected chi connectivity index (χ1v) is 6.13. The molecule has 0 aliphatic carbocycles. The highest BCUT2D eigenvalue weighted by atomic mass is 15.1. The van der Waals surface area contributed by atoms with Crippen molar-refractivity contribution in [1.29, 1.82) is 0 Å². The fourth-order valence-corrected chi connectivity index (χ4v) is 1.28. The van der Waals surface area contributed by atoms with Crippen LogP contribution in [-0.2, 0) is 0 Å². The van der Waals surface area contributed by atoms with Crippen LogP contribution in [-0.4, -0.2) is 18.0 Å². The number of nitrogens with zero attached hydrogens (tertiary/aromatic N) is 1. The molecule has 0 aromatic heterocycles. The third-order valence-corrected chi connectivity index (χ3v) is 2.28. The van der Waals surface area contributed by atoms with Gasteiger partial charge in [0, 0.05) is 13.1 Å². The first kappa shape index (κ1) is 13.5. The Morgan fingerprint density at radius 3 is 1.86 bits per heavy atom. The highest BCUT2D eigenvalue weighted by Crippen LogP contribution is 2.02. The Labute approximate surface area is 90.2 Å². The van der Waals surface area contributed by atoms with Gasteiger partial charge in [-0.15, -0.1) is 0 Å². The molecule has 1 nitrogen and oxygen atoms in total. The van der Waals surface area contributed by atoms with Crippen LogP contribution in [0.3, 0.4) is 0 Å². The monoisotopic (exact) mass is 197 g/mol. The van der Waals surface area contributed by atoms with E-state index in [1.54, 1.807) is 0 Å². The molecule has 0 amide bonds. The van der Waals surface area contributed by atoms with E-state index in [0.29, 0.717) is 5.92 Å². The van der Waals surface area contributed by atoms with Gasteiger partial charge in [-0.05, 0) is 25.0 Å². The predicted molar refractivity (Wildman–Crippen MR) is 65.4 cm³/mol. The van der Waals surface area contributed by atoms with Crippen LogP contribution >= 0.6 is 0 Å². The van der Waals surface area contributed by atoms with Crippen LogP contribution in [0, 0.1) is 5.92 Å². The summed E-state index contributed by atoms with van der Waals surface area (Å²) >= 11 is 0. The molecule has 0 unspecified atom stereocenters. The number of rotatable bonds is 8. The second-order valence-corrected chi connectivity index (χ2v) is 4.33. The molecule has 0 rings (SSSR count). The smallest absolute Gasteiger partial charge is 0.0172 e. The summed E-state index contributed by atoms with van der Waals surface area (Å²) < 4.78 is 0. The van der Waals surface area contributed by atoms with Crippen molar-refractivity contribution in [2.75, 3.05) is 13.1 Å². The Morgan fingerprint density at radius 2 is 1.50 bits per heavy atom. The maximum absolute atomic E-state index is 2.47. The minimum atomic E-state index is 0.667. The first-order chi connectivity index (χ1) is 6.70. The summed E-state index contributed by atoms with van der Waals surface area (Å²) in [6.07, 6.45) is 9.79. The molecule has 0 N–H and O–H groups in total. The van der Waals surface area contributed by atoms with E-state index in [9.17, 15) is 0 Å². The van der Waals surface area contributed by atoms with Crippen LogP contribution < -0.4 is 0 Å². The standard InChI is InChI=1S/C13H27N/c1-5-7-10-14(11-8-6-2)12-9-13(3)4/h9,12-13H,5-8,10-11H2,1-4H3/b12-9+. The normalized spacial score (nSPS) is 11.5. The van der Waals surface area contributed by atoms with Gasteiger partial charge in [0.15, 0.2) is 0 Å². The molecule has 0 atom stereocenters. The molecule has 0 radical (unpaired) electrons. The number of allylic oxidation sites excluding steroid dienone is 1. The molecular weight excluding hydrogens is 170 g/mol. The molecule has 1 heteroatoms. The molecule has 0 bridgehead atoms. The Balaban J connectivity index is 3.83. The summed E-state index contributed by atoms with van der Waals surface area (Å²) in [5.41, 5.74) is 0. The molecule has 0 aliphatic rings. The zero-order chi connectivity index (χ0) is 10.8. The van der Waals surface area contributed by atoms with E-state index in [-0.39, 0.29) is 0 Å². The van der Waals surface area contributed by atoms with Crippen molar-refractivity contribution in [2.24, 2.45) is 5.92 Å². The summed E-state index contributed by atoms with van der Waals surface area (Å²) in [5, 5.41) is 0. The van der Waals surface area contributed by atoms with Crippen LogP contribution in [0.15, 0.2) is 12.3 Å². The van der Waals surface area contributed by atoms with Crippen LogP contribution in [0.1, 0.15) is 53.4 Å². The SMILES string of the molecule is CCCCN(/C=C/C(C)C)CCCC. The Kier molecular flexibility index (Phi) is 8.81. The molecule has 0 heterocycles. The minimum absolute atomic E-state index is 0.667. The van der Waals surface area contributed by atoms with Crippen molar-refractivity contribution in [2.45, 2.75) is 53.4 Å².